The Bertz CT molecular complexity index is 944. The van der Waals surface area contributed by atoms with Crippen molar-refractivity contribution >= 4 is 21.6 Å². The SMILES string of the molecule is COCc1cccc(NC(=O)C2CCCN(S(=O)(=O)c3ccc(OC)cc3)C2)c1. The van der Waals surface area contributed by atoms with Crippen molar-refractivity contribution in [2.24, 2.45) is 5.92 Å². The van der Waals surface area contributed by atoms with Crippen LogP contribution in [0.2, 0.25) is 0 Å². The molecule has 7 nitrogen and oxygen atoms in total. The number of sulfonamides is 1. The molecule has 1 aliphatic heterocycles. The Hall–Kier alpha value is -2.42. The van der Waals surface area contributed by atoms with Crippen LogP contribution in [0.15, 0.2) is 53.4 Å². The maximum Gasteiger partial charge on any atom is 0.243 e. The second kappa shape index (κ2) is 9.39. The number of rotatable bonds is 7. The predicted octanol–water partition coefficient (Wildman–Crippen LogP) is 2.88. The molecule has 8 heteroatoms. The maximum atomic E-state index is 13.0. The molecule has 1 N–H and O–H groups in total. The topological polar surface area (TPSA) is 84.9 Å². The lowest BCUT2D eigenvalue weighted by Crippen LogP contribution is -2.43. The van der Waals surface area contributed by atoms with Gasteiger partial charge in [0.05, 0.1) is 24.5 Å². The van der Waals surface area contributed by atoms with Crippen LogP contribution in [0.3, 0.4) is 0 Å². The van der Waals surface area contributed by atoms with Gasteiger partial charge in [0.15, 0.2) is 0 Å². The fraction of sp³-hybridized carbons (Fsp3) is 0.381. The molecule has 2 aromatic carbocycles. The molecule has 1 saturated heterocycles. The third-order valence-electron chi connectivity index (χ3n) is 4.96. The molecule has 1 unspecified atom stereocenters. The van der Waals surface area contributed by atoms with Gasteiger partial charge < -0.3 is 14.8 Å². The second-order valence-corrected chi connectivity index (χ2v) is 8.94. The van der Waals surface area contributed by atoms with Gasteiger partial charge in [0.1, 0.15) is 5.75 Å². The van der Waals surface area contributed by atoms with E-state index in [4.69, 9.17) is 9.47 Å². The van der Waals surface area contributed by atoms with Crippen LogP contribution in [0.1, 0.15) is 18.4 Å². The number of amides is 1. The molecule has 1 atom stereocenters. The Morgan fingerprint density at radius 1 is 1.17 bits per heavy atom. The number of benzene rings is 2. The lowest BCUT2D eigenvalue weighted by molar-refractivity contribution is -0.120. The Labute approximate surface area is 171 Å². The van der Waals surface area contributed by atoms with Crippen molar-refractivity contribution in [1.29, 1.82) is 0 Å². The molecule has 0 saturated carbocycles. The van der Waals surface area contributed by atoms with E-state index in [0.29, 0.717) is 37.4 Å². The highest BCUT2D eigenvalue weighted by atomic mass is 32.2. The number of carbonyl (C=O) groups is 1. The molecule has 0 aliphatic carbocycles. The minimum Gasteiger partial charge on any atom is -0.497 e. The summed E-state index contributed by atoms with van der Waals surface area (Å²) in [5.74, 6) is 0.0209. The molecule has 0 aromatic heterocycles. The van der Waals surface area contributed by atoms with Gasteiger partial charge in [-0.15, -0.1) is 0 Å². The maximum absolute atomic E-state index is 13.0. The van der Waals surface area contributed by atoms with Gasteiger partial charge in [-0.2, -0.15) is 4.31 Å². The van der Waals surface area contributed by atoms with E-state index in [1.54, 1.807) is 19.2 Å². The molecular weight excluding hydrogens is 392 g/mol. The average molecular weight is 419 g/mol. The molecule has 156 valence electrons. The summed E-state index contributed by atoms with van der Waals surface area (Å²) in [4.78, 5) is 12.9. The van der Waals surface area contributed by atoms with Crippen molar-refractivity contribution in [1.82, 2.24) is 4.31 Å². The minimum atomic E-state index is -3.66. The predicted molar refractivity (Wildman–Crippen MR) is 110 cm³/mol. The van der Waals surface area contributed by atoms with Crippen LogP contribution in [-0.4, -0.2) is 45.9 Å². The molecule has 2 aromatic rings. The second-order valence-electron chi connectivity index (χ2n) is 7.00. The summed E-state index contributed by atoms with van der Waals surface area (Å²) in [7, 11) is -0.513. The van der Waals surface area contributed by atoms with Gasteiger partial charge in [-0.1, -0.05) is 12.1 Å². The summed E-state index contributed by atoms with van der Waals surface area (Å²) >= 11 is 0. The van der Waals surface area contributed by atoms with E-state index in [1.165, 1.54) is 23.5 Å². The van der Waals surface area contributed by atoms with E-state index in [9.17, 15) is 13.2 Å². The Balaban J connectivity index is 1.69. The number of hydrogen-bond acceptors (Lipinski definition) is 5. The monoisotopic (exact) mass is 418 g/mol. The first-order chi connectivity index (χ1) is 13.9. The van der Waals surface area contributed by atoms with Crippen LogP contribution in [0.4, 0.5) is 5.69 Å². The Kier molecular flexibility index (Phi) is 6.89. The zero-order valence-electron chi connectivity index (χ0n) is 16.6. The van der Waals surface area contributed by atoms with Gasteiger partial charge in [-0.05, 0) is 54.8 Å². The lowest BCUT2D eigenvalue weighted by Gasteiger charge is -2.31. The first-order valence-electron chi connectivity index (χ1n) is 9.47. The van der Waals surface area contributed by atoms with Gasteiger partial charge in [0, 0.05) is 25.9 Å². The lowest BCUT2D eigenvalue weighted by atomic mass is 9.98. The van der Waals surface area contributed by atoms with Crippen molar-refractivity contribution in [3.8, 4) is 5.75 Å². The zero-order chi connectivity index (χ0) is 20.9. The summed E-state index contributed by atoms with van der Waals surface area (Å²) < 4.78 is 37.5. The molecule has 0 spiro atoms. The van der Waals surface area contributed by atoms with Crippen molar-refractivity contribution < 1.29 is 22.7 Å². The number of methoxy groups -OCH3 is 2. The third-order valence-corrected chi connectivity index (χ3v) is 6.84. The molecule has 1 aliphatic rings. The molecule has 1 amide bonds. The number of carbonyl (C=O) groups excluding carboxylic acids is 1. The molecular formula is C21H26N2O5S. The highest BCUT2D eigenvalue weighted by Crippen LogP contribution is 2.26. The van der Waals surface area contributed by atoms with Crippen LogP contribution in [0.5, 0.6) is 5.75 Å². The highest BCUT2D eigenvalue weighted by Gasteiger charge is 2.33. The summed E-state index contributed by atoms with van der Waals surface area (Å²) in [5.41, 5.74) is 1.64. The summed E-state index contributed by atoms with van der Waals surface area (Å²) in [6.45, 7) is 1.03. The van der Waals surface area contributed by atoms with E-state index < -0.39 is 15.9 Å². The van der Waals surface area contributed by atoms with Crippen molar-refractivity contribution in [3.63, 3.8) is 0 Å². The average Bonchev–Trinajstić information content (AvgIpc) is 2.74. The zero-order valence-corrected chi connectivity index (χ0v) is 17.4. The minimum absolute atomic E-state index is 0.165. The standard InChI is InChI=1S/C21H26N2O5S/c1-27-15-16-5-3-7-18(13-16)22-21(24)17-6-4-12-23(14-17)29(25,26)20-10-8-19(28-2)9-11-20/h3,5,7-11,13,17H,4,6,12,14-15H2,1-2H3,(H,22,24). The molecule has 1 fully saturated rings. The number of piperidine rings is 1. The van der Waals surface area contributed by atoms with E-state index >= 15 is 0 Å². The fourth-order valence-electron chi connectivity index (χ4n) is 3.42. The fourth-order valence-corrected chi connectivity index (χ4v) is 4.95. The summed E-state index contributed by atoms with van der Waals surface area (Å²) in [6.07, 6.45) is 1.29. The normalized spacial score (nSPS) is 17.7. The van der Waals surface area contributed by atoms with Gasteiger partial charge in [-0.3, -0.25) is 4.79 Å². The van der Waals surface area contributed by atoms with Gasteiger partial charge >= 0.3 is 0 Å². The molecule has 0 radical (unpaired) electrons. The number of anilines is 1. The Morgan fingerprint density at radius 2 is 1.93 bits per heavy atom. The summed E-state index contributed by atoms with van der Waals surface area (Å²) in [5, 5.41) is 2.90. The number of hydrogen-bond donors (Lipinski definition) is 1. The number of nitrogens with zero attached hydrogens (tertiary/aromatic N) is 1. The first kappa shape index (κ1) is 21.3. The first-order valence-corrected chi connectivity index (χ1v) is 10.9. The molecule has 29 heavy (non-hydrogen) atoms. The Morgan fingerprint density at radius 3 is 2.62 bits per heavy atom. The largest absolute Gasteiger partial charge is 0.497 e. The van der Waals surface area contributed by atoms with Crippen LogP contribution in [-0.2, 0) is 26.2 Å². The van der Waals surface area contributed by atoms with Crippen molar-refractivity contribution in [3.05, 3.63) is 54.1 Å². The van der Waals surface area contributed by atoms with Crippen LogP contribution < -0.4 is 10.1 Å². The van der Waals surface area contributed by atoms with Crippen LogP contribution in [0.25, 0.3) is 0 Å². The van der Waals surface area contributed by atoms with Crippen LogP contribution >= 0.6 is 0 Å². The van der Waals surface area contributed by atoms with Gasteiger partial charge in [0.25, 0.3) is 0 Å². The van der Waals surface area contributed by atoms with Gasteiger partial charge in [-0.25, -0.2) is 8.42 Å². The quantitative estimate of drug-likeness (QED) is 0.747. The van der Waals surface area contributed by atoms with Crippen molar-refractivity contribution in [2.75, 3.05) is 32.6 Å². The number of nitrogens with one attached hydrogen (secondary N) is 1. The molecule has 0 bridgehead atoms. The van der Waals surface area contributed by atoms with E-state index in [-0.39, 0.29) is 17.3 Å². The van der Waals surface area contributed by atoms with Crippen LogP contribution in [0, 0.1) is 5.92 Å². The highest BCUT2D eigenvalue weighted by molar-refractivity contribution is 7.89. The van der Waals surface area contributed by atoms with E-state index in [2.05, 4.69) is 5.32 Å². The van der Waals surface area contributed by atoms with E-state index in [0.717, 1.165) is 5.56 Å². The smallest absolute Gasteiger partial charge is 0.243 e. The van der Waals surface area contributed by atoms with Gasteiger partial charge in [0.2, 0.25) is 15.9 Å². The third kappa shape index (κ3) is 5.14. The molecule has 3 rings (SSSR count). The molecule has 1 heterocycles. The van der Waals surface area contributed by atoms with E-state index in [1.807, 2.05) is 24.3 Å². The van der Waals surface area contributed by atoms with Crippen molar-refractivity contribution in [2.45, 2.75) is 24.3 Å². The summed E-state index contributed by atoms with van der Waals surface area (Å²) in [6, 6.07) is 13.7. The number of ether oxygens (including phenoxy) is 2.